The third-order valence-corrected chi connectivity index (χ3v) is 3.50. The Kier molecular flexibility index (Phi) is 5.80. The number of halogens is 1. The summed E-state index contributed by atoms with van der Waals surface area (Å²) in [4.78, 5) is 0. The lowest BCUT2D eigenvalue weighted by molar-refractivity contribution is -0.107. The highest BCUT2D eigenvalue weighted by Crippen LogP contribution is 2.29. The van der Waals surface area contributed by atoms with Crippen molar-refractivity contribution in [3.05, 3.63) is 30.1 Å². The van der Waals surface area contributed by atoms with E-state index < -0.39 is 0 Å². The predicted molar refractivity (Wildman–Crippen MR) is 77.5 cm³/mol. The standard InChI is InChI=1S/C16H24FNO2/c1-3-8-18-14-11-15(16(14)19-9-4-2)20-13-7-5-6-12(17)10-13/h5-7,10,14-16,18H,3-4,8-9,11H2,1-2H3. The lowest BCUT2D eigenvalue weighted by atomic mass is 9.85. The molecule has 0 aromatic heterocycles. The van der Waals surface area contributed by atoms with Crippen molar-refractivity contribution in [3.8, 4) is 5.75 Å². The van der Waals surface area contributed by atoms with Gasteiger partial charge in [0.15, 0.2) is 0 Å². The lowest BCUT2D eigenvalue weighted by Gasteiger charge is -2.44. The van der Waals surface area contributed by atoms with Crippen LogP contribution in [0.3, 0.4) is 0 Å². The third kappa shape index (κ3) is 3.93. The van der Waals surface area contributed by atoms with Gasteiger partial charge in [-0.1, -0.05) is 19.9 Å². The first-order valence-corrected chi connectivity index (χ1v) is 7.51. The molecule has 1 aliphatic carbocycles. The molecular formula is C16H24FNO2. The monoisotopic (exact) mass is 281 g/mol. The van der Waals surface area contributed by atoms with Crippen molar-refractivity contribution < 1.29 is 13.9 Å². The summed E-state index contributed by atoms with van der Waals surface area (Å²) in [5, 5.41) is 3.48. The molecule has 0 heterocycles. The molecule has 0 amide bonds. The summed E-state index contributed by atoms with van der Waals surface area (Å²) in [7, 11) is 0. The molecule has 1 aromatic rings. The molecule has 3 nitrogen and oxygen atoms in total. The smallest absolute Gasteiger partial charge is 0.128 e. The predicted octanol–water partition coefficient (Wildman–Crippen LogP) is 3.14. The quantitative estimate of drug-likeness (QED) is 0.794. The molecule has 1 aromatic carbocycles. The number of hydrogen-bond acceptors (Lipinski definition) is 3. The summed E-state index contributed by atoms with van der Waals surface area (Å²) >= 11 is 0. The third-order valence-electron chi connectivity index (χ3n) is 3.50. The number of ether oxygens (including phenoxy) is 2. The van der Waals surface area contributed by atoms with Crippen LogP contribution in [0.15, 0.2) is 24.3 Å². The van der Waals surface area contributed by atoms with Crippen molar-refractivity contribution in [2.45, 2.75) is 51.4 Å². The van der Waals surface area contributed by atoms with Gasteiger partial charge in [-0.05, 0) is 31.5 Å². The van der Waals surface area contributed by atoms with E-state index in [1.807, 2.05) is 0 Å². The summed E-state index contributed by atoms with van der Waals surface area (Å²) in [6.45, 7) is 5.96. The molecule has 1 saturated carbocycles. The highest BCUT2D eigenvalue weighted by atomic mass is 19.1. The lowest BCUT2D eigenvalue weighted by Crippen LogP contribution is -2.61. The Bertz CT molecular complexity index is 413. The van der Waals surface area contributed by atoms with E-state index in [0.717, 1.165) is 32.4 Å². The van der Waals surface area contributed by atoms with Gasteiger partial charge in [0, 0.05) is 25.1 Å². The van der Waals surface area contributed by atoms with Gasteiger partial charge in [0.25, 0.3) is 0 Å². The molecule has 112 valence electrons. The SMILES string of the molecule is CCCNC1CC(Oc2cccc(F)c2)C1OCCC. The molecular weight excluding hydrogens is 257 g/mol. The van der Waals surface area contributed by atoms with Crippen LogP contribution in [0.5, 0.6) is 5.75 Å². The first kappa shape index (κ1) is 15.3. The van der Waals surface area contributed by atoms with Crippen LogP contribution in [0.25, 0.3) is 0 Å². The first-order chi connectivity index (χ1) is 9.74. The molecule has 1 fully saturated rings. The van der Waals surface area contributed by atoms with E-state index in [0.29, 0.717) is 11.8 Å². The summed E-state index contributed by atoms with van der Waals surface area (Å²) in [5.74, 6) is 0.308. The molecule has 0 radical (unpaired) electrons. The van der Waals surface area contributed by atoms with Gasteiger partial charge in [0.1, 0.15) is 23.8 Å². The van der Waals surface area contributed by atoms with Crippen LogP contribution in [0, 0.1) is 5.82 Å². The van der Waals surface area contributed by atoms with Crippen LogP contribution in [0.1, 0.15) is 33.1 Å². The zero-order valence-corrected chi connectivity index (χ0v) is 12.3. The van der Waals surface area contributed by atoms with Crippen molar-refractivity contribution >= 4 is 0 Å². The molecule has 20 heavy (non-hydrogen) atoms. The fourth-order valence-electron chi connectivity index (χ4n) is 2.42. The molecule has 3 unspecified atom stereocenters. The van der Waals surface area contributed by atoms with Crippen molar-refractivity contribution in [1.29, 1.82) is 0 Å². The van der Waals surface area contributed by atoms with Crippen LogP contribution < -0.4 is 10.1 Å². The van der Waals surface area contributed by atoms with Crippen molar-refractivity contribution in [2.75, 3.05) is 13.2 Å². The first-order valence-electron chi connectivity index (χ1n) is 7.51. The topological polar surface area (TPSA) is 30.5 Å². The molecule has 3 atom stereocenters. The van der Waals surface area contributed by atoms with Crippen LogP contribution >= 0.6 is 0 Å². The molecule has 0 spiro atoms. The van der Waals surface area contributed by atoms with Gasteiger partial charge in [-0.15, -0.1) is 0 Å². The van der Waals surface area contributed by atoms with Crippen LogP contribution in [-0.2, 0) is 4.74 Å². The second kappa shape index (κ2) is 7.60. The number of nitrogens with one attached hydrogen (secondary N) is 1. The van der Waals surface area contributed by atoms with Crippen molar-refractivity contribution in [1.82, 2.24) is 5.32 Å². The molecule has 0 bridgehead atoms. The van der Waals surface area contributed by atoms with Crippen LogP contribution in [-0.4, -0.2) is 31.4 Å². The van der Waals surface area contributed by atoms with Gasteiger partial charge in [-0.3, -0.25) is 0 Å². The molecule has 0 aliphatic heterocycles. The van der Waals surface area contributed by atoms with Crippen molar-refractivity contribution in [2.24, 2.45) is 0 Å². The Labute approximate surface area is 120 Å². The minimum absolute atomic E-state index is 0.0118. The zero-order chi connectivity index (χ0) is 14.4. The Morgan fingerprint density at radius 1 is 1.30 bits per heavy atom. The number of benzene rings is 1. The van der Waals surface area contributed by atoms with E-state index in [2.05, 4.69) is 19.2 Å². The highest BCUT2D eigenvalue weighted by molar-refractivity contribution is 5.23. The van der Waals surface area contributed by atoms with E-state index in [1.54, 1.807) is 12.1 Å². The maximum absolute atomic E-state index is 13.2. The van der Waals surface area contributed by atoms with Crippen LogP contribution in [0.4, 0.5) is 4.39 Å². The summed E-state index contributed by atoms with van der Waals surface area (Å²) in [5.41, 5.74) is 0. The molecule has 4 heteroatoms. The Balaban J connectivity index is 1.90. The van der Waals surface area contributed by atoms with Gasteiger partial charge in [-0.25, -0.2) is 4.39 Å². The number of rotatable bonds is 8. The Hall–Kier alpha value is -1.13. The fraction of sp³-hybridized carbons (Fsp3) is 0.625. The average molecular weight is 281 g/mol. The fourth-order valence-corrected chi connectivity index (χ4v) is 2.42. The minimum Gasteiger partial charge on any atom is -0.487 e. The largest absolute Gasteiger partial charge is 0.487 e. The second-order valence-electron chi connectivity index (χ2n) is 5.25. The second-order valence-corrected chi connectivity index (χ2v) is 5.25. The summed E-state index contributed by atoms with van der Waals surface area (Å²) in [6.07, 6.45) is 3.07. The van der Waals surface area contributed by atoms with Crippen molar-refractivity contribution in [3.63, 3.8) is 0 Å². The van der Waals surface area contributed by atoms with E-state index in [9.17, 15) is 4.39 Å². The molecule has 1 N–H and O–H groups in total. The average Bonchev–Trinajstić information content (AvgIpc) is 2.42. The van der Waals surface area contributed by atoms with E-state index in [1.165, 1.54) is 12.1 Å². The van der Waals surface area contributed by atoms with E-state index >= 15 is 0 Å². The minimum atomic E-state index is -0.270. The maximum atomic E-state index is 13.2. The zero-order valence-electron chi connectivity index (χ0n) is 12.3. The number of hydrogen-bond donors (Lipinski definition) is 1. The molecule has 1 aliphatic rings. The summed E-state index contributed by atoms with van der Waals surface area (Å²) < 4.78 is 24.9. The van der Waals surface area contributed by atoms with Gasteiger partial charge in [0.05, 0.1) is 0 Å². The Morgan fingerprint density at radius 3 is 2.85 bits per heavy atom. The summed E-state index contributed by atoms with van der Waals surface area (Å²) in [6, 6.07) is 6.64. The van der Waals surface area contributed by atoms with Gasteiger partial charge in [-0.2, -0.15) is 0 Å². The normalized spacial score (nSPS) is 25.2. The molecule has 0 saturated heterocycles. The molecule has 2 rings (SSSR count). The maximum Gasteiger partial charge on any atom is 0.128 e. The van der Waals surface area contributed by atoms with E-state index in [4.69, 9.17) is 9.47 Å². The van der Waals surface area contributed by atoms with Gasteiger partial charge < -0.3 is 14.8 Å². The Morgan fingerprint density at radius 2 is 2.15 bits per heavy atom. The van der Waals surface area contributed by atoms with Crippen LogP contribution in [0.2, 0.25) is 0 Å². The van der Waals surface area contributed by atoms with Gasteiger partial charge in [0.2, 0.25) is 0 Å². The van der Waals surface area contributed by atoms with Gasteiger partial charge >= 0.3 is 0 Å². The van der Waals surface area contributed by atoms with E-state index in [-0.39, 0.29) is 18.0 Å². The highest BCUT2D eigenvalue weighted by Gasteiger charge is 2.43.